The first kappa shape index (κ1) is 12.6. The molecule has 0 aliphatic carbocycles. The first-order valence-corrected chi connectivity index (χ1v) is 6.42. The molecule has 0 saturated heterocycles. The molecule has 5 heteroatoms. The molecule has 2 aromatic heterocycles. The van der Waals surface area contributed by atoms with Crippen molar-refractivity contribution < 1.29 is 4.74 Å². The lowest BCUT2D eigenvalue weighted by atomic mass is 10.0. The number of hydrogen-bond acceptors (Lipinski definition) is 4. The maximum Gasteiger partial charge on any atom is 0.258 e. The highest BCUT2D eigenvalue weighted by atomic mass is 16.5. The molecule has 3 rings (SSSR count). The molecule has 2 N–H and O–H groups in total. The van der Waals surface area contributed by atoms with Gasteiger partial charge < -0.3 is 14.9 Å². The van der Waals surface area contributed by atoms with Gasteiger partial charge >= 0.3 is 0 Å². The zero-order valence-corrected chi connectivity index (χ0v) is 11.4. The van der Waals surface area contributed by atoms with Crippen LogP contribution in [0.15, 0.2) is 42.9 Å². The highest BCUT2D eigenvalue weighted by Crippen LogP contribution is 2.25. The normalized spacial score (nSPS) is 12.6. The summed E-state index contributed by atoms with van der Waals surface area (Å²) in [5, 5.41) is 0. The predicted octanol–water partition coefficient (Wildman–Crippen LogP) is 2.42. The van der Waals surface area contributed by atoms with Crippen molar-refractivity contribution in [2.24, 2.45) is 5.73 Å². The summed E-state index contributed by atoms with van der Waals surface area (Å²) in [7, 11) is 1.60. The molecule has 1 atom stereocenters. The topological polar surface area (TPSA) is 65.4 Å². The number of hydrogen-bond donors (Lipinski definition) is 1. The van der Waals surface area contributed by atoms with Gasteiger partial charge in [0.2, 0.25) is 0 Å². The zero-order valence-electron chi connectivity index (χ0n) is 11.4. The van der Waals surface area contributed by atoms with E-state index in [1.807, 2.05) is 41.9 Å². The number of nitrogens with zero attached hydrogens (tertiary/aromatic N) is 3. The number of benzene rings is 1. The minimum Gasteiger partial charge on any atom is -0.478 e. The van der Waals surface area contributed by atoms with Gasteiger partial charge in [-0.1, -0.05) is 18.2 Å². The van der Waals surface area contributed by atoms with Crippen LogP contribution in [0.4, 0.5) is 0 Å². The van der Waals surface area contributed by atoms with Gasteiger partial charge in [0, 0.05) is 30.2 Å². The number of methoxy groups -OCH3 is 1. The molecule has 3 aromatic rings. The summed E-state index contributed by atoms with van der Waals surface area (Å²) >= 11 is 0. The quantitative estimate of drug-likeness (QED) is 0.792. The number of fused-ring (bicyclic) bond motifs is 1. The molecule has 0 aliphatic rings. The van der Waals surface area contributed by atoms with E-state index in [9.17, 15) is 0 Å². The van der Waals surface area contributed by atoms with E-state index in [-0.39, 0.29) is 6.04 Å². The summed E-state index contributed by atoms with van der Waals surface area (Å²) in [5.41, 5.74) is 9.55. The Labute approximate surface area is 117 Å². The molecule has 0 spiro atoms. The van der Waals surface area contributed by atoms with Crippen LogP contribution in [0.25, 0.3) is 16.9 Å². The summed E-state index contributed by atoms with van der Waals surface area (Å²) in [6.07, 6.45) is 5.53. The standard InChI is InChI=1S/C15H16N4O/c1-10(16)11-4-3-5-12(8-11)13-9-19-7-6-17-14(19)15(18-13)20-2/h3-10H,16H2,1-2H3/t10-/m1/s1. The van der Waals surface area contributed by atoms with Crippen molar-refractivity contribution in [1.29, 1.82) is 0 Å². The van der Waals surface area contributed by atoms with E-state index in [1.54, 1.807) is 13.3 Å². The highest BCUT2D eigenvalue weighted by Gasteiger charge is 2.10. The summed E-state index contributed by atoms with van der Waals surface area (Å²) < 4.78 is 7.21. The average Bonchev–Trinajstić information content (AvgIpc) is 2.94. The lowest BCUT2D eigenvalue weighted by Gasteiger charge is -2.09. The largest absolute Gasteiger partial charge is 0.478 e. The third-order valence-corrected chi connectivity index (χ3v) is 3.24. The summed E-state index contributed by atoms with van der Waals surface area (Å²) in [4.78, 5) is 8.74. The zero-order chi connectivity index (χ0) is 14.1. The van der Waals surface area contributed by atoms with Crippen molar-refractivity contribution >= 4 is 5.65 Å². The lowest BCUT2D eigenvalue weighted by Crippen LogP contribution is -2.05. The van der Waals surface area contributed by atoms with Crippen LogP contribution < -0.4 is 10.5 Å². The van der Waals surface area contributed by atoms with Crippen LogP contribution in [0, 0.1) is 0 Å². The number of rotatable bonds is 3. The minimum absolute atomic E-state index is 0.00572. The first-order valence-electron chi connectivity index (χ1n) is 6.42. The van der Waals surface area contributed by atoms with Crippen molar-refractivity contribution in [3.8, 4) is 17.1 Å². The van der Waals surface area contributed by atoms with E-state index in [1.165, 1.54) is 0 Å². The second kappa shape index (κ2) is 4.94. The molecule has 0 unspecified atom stereocenters. The second-order valence-electron chi connectivity index (χ2n) is 4.71. The Morgan fingerprint density at radius 3 is 2.95 bits per heavy atom. The molecule has 0 saturated carbocycles. The maximum absolute atomic E-state index is 5.93. The smallest absolute Gasteiger partial charge is 0.258 e. The van der Waals surface area contributed by atoms with Gasteiger partial charge in [-0.25, -0.2) is 9.97 Å². The van der Waals surface area contributed by atoms with E-state index < -0.39 is 0 Å². The third-order valence-electron chi connectivity index (χ3n) is 3.24. The molecule has 0 amide bonds. The van der Waals surface area contributed by atoms with Crippen molar-refractivity contribution in [3.63, 3.8) is 0 Å². The lowest BCUT2D eigenvalue weighted by molar-refractivity contribution is 0.400. The fraction of sp³-hybridized carbons (Fsp3) is 0.200. The fourth-order valence-electron chi connectivity index (χ4n) is 2.16. The number of imidazole rings is 1. The Balaban J connectivity index is 2.16. The van der Waals surface area contributed by atoms with Crippen LogP contribution in [-0.2, 0) is 0 Å². The van der Waals surface area contributed by atoms with Crippen LogP contribution in [-0.4, -0.2) is 21.5 Å². The first-order chi connectivity index (χ1) is 9.69. The summed E-state index contributed by atoms with van der Waals surface area (Å²) in [6.45, 7) is 1.96. The average molecular weight is 268 g/mol. The van der Waals surface area contributed by atoms with Crippen molar-refractivity contribution in [3.05, 3.63) is 48.4 Å². The number of ether oxygens (including phenoxy) is 1. The van der Waals surface area contributed by atoms with E-state index >= 15 is 0 Å². The van der Waals surface area contributed by atoms with Gasteiger partial charge in [0.15, 0.2) is 5.65 Å². The number of nitrogens with two attached hydrogens (primary N) is 1. The Kier molecular flexibility index (Phi) is 3.12. The fourth-order valence-corrected chi connectivity index (χ4v) is 2.16. The van der Waals surface area contributed by atoms with Gasteiger partial charge in [-0.2, -0.15) is 0 Å². The van der Waals surface area contributed by atoms with Crippen molar-refractivity contribution in [1.82, 2.24) is 14.4 Å². The van der Waals surface area contributed by atoms with Crippen LogP contribution in [0.1, 0.15) is 18.5 Å². The van der Waals surface area contributed by atoms with Crippen LogP contribution >= 0.6 is 0 Å². The van der Waals surface area contributed by atoms with Gasteiger partial charge in [-0.3, -0.25) is 0 Å². The highest BCUT2D eigenvalue weighted by molar-refractivity contribution is 5.63. The number of aromatic nitrogens is 3. The van der Waals surface area contributed by atoms with Crippen LogP contribution in [0.3, 0.4) is 0 Å². The Bertz CT molecular complexity index is 748. The van der Waals surface area contributed by atoms with Gasteiger partial charge in [0.1, 0.15) is 0 Å². The molecule has 5 nitrogen and oxygen atoms in total. The minimum atomic E-state index is -0.00572. The van der Waals surface area contributed by atoms with Crippen LogP contribution in [0.5, 0.6) is 5.88 Å². The second-order valence-corrected chi connectivity index (χ2v) is 4.71. The molecule has 102 valence electrons. The molecule has 0 bridgehead atoms. The molecular formula is C15H16N4O. The van der Waals surface area contributed by atoms with E-state index in [0.717, 1.165) is 16.8 Å². The molecule has 0 radical (unpaired) electrons. The third kappa shape index (κ3) is 2.12. The molecule has 20 heavy (non-hydrogen) atoms. The monoisotopic (exact) mass is 268 g/mol. The van der Waals surface area contributed by atoms with Gasteiger partial charge in [0.25, 0.3) is 5.88 Å². The maximum atomic E-state index is 5.93. The Morgan fingerprint density at radius 1 is 1.35 bits per heavy atom. The van der Waals surface area contributed by atoms with Crippen molar-refractivity contribution in [2.75, 3.05) is 7.11 Å². The van der Waals surface area contributed by atoms with Gasteiger partial charge in [-0.05, 0) is 18.6 Å². The Morgan fingerprint density at radius 2 is 2.20 bits per heavy atom. The van der Waals surface area contributed by atoms with Gasteiger partial charge in [-0.15, -0.1) is 0 Å². The Hall–Kier alpha value is -2.40. The molecule has 0 aliphatic heterocycles. The molecule has 0 fully saturated rings. The van der Waals surface area contributed by atoms with Crippen molar-refractivity contribution in [2.45, 2.75) is 13.0 Å². The van der Waals surface area contributed by atoms with E-state index in [2.05, 4.69) is 16.0 Å². The molecule has 2 heterocycles. The van der Waals surface area contributed by atoms with Gasteiger partial charge in [0.05, 0.1) is 12.8 Å². The van der Waals surface area contributed by atoms with E-state index in [4.69, 9.17) is 10.5 Å². The van der Waals surface area contributed by atoms with E-state index in [0.29, 0.717) is 11.5 Å². The predicted molar refractivity (Wildman–Crippen MR) is 77.6 cm³/mol. The van der Waals surface area contributed by atoms with Crippen LogP contribution in [0.2, 0.25) is 0 Å². The summed E-state index contributed by atoms with van der Waals surface area (Å²) in [5.74, 6) is 0.513. The summed E-state index contributed by atoms with van der Waals surface area (Å²) in [6, 6.07) is 8.06. The molecule has 1 aromatic carbocycles. The molecular weight excluding hydrogens is 252 g/mol. The SMILES string of the molecule is COc1nc(-c2cccc([C@@H](C)N)c2)cn2ccnc12.